The molecule has 0 saturated carbocycles. The third-order valence-corrected chi connectivity index (χ3v) is 1.02. The topological polar surface area (TPSA) is 9.23 Å². The van der Waals surface area contributed by atoms with Crippen molar-refractivity contribution in [3.05, 3.63) is 30.3 Å². The molecule has 0 heterocycles. The smallest absolute Gasteiger partial charge is 0.154 e. The van der Waals surface area contributed by atoms with Crippen molar-refractivity contribution in [1.29, 1.82) is 0 Å². The van der Waals surface area contributed by atoms with Gasteiger partial charge in [0, 0.05) is 0 Å². The van der Waals surface area contributed by atoms with E-state index in [4.69, 9.17) is 4.74 Å². The molecule has 0 aliphatic rings. The number of benzene rings is 1. The van der Waals surface area contributed by atoms with Crippen LogP contribution in [-0.2, 0) is 0 Å². The average molecular weight is 175 g/mol. The van der Waals surface area contributed by atoms with Gasteiger partial charge in [-0.2, -0.15) is 0 Å². The zero-order valence-electron chi connectivity index (χ0n) is 5.19. The zero-order valence-corrected chi connectivity index (χ0v) is 6.82. The standard InChI is InChI=1S/C7H6OS.ClH/c9-6-8-7-4-2-1-3-5-7;/h1-6H;1H. The number of hydrogen-bond donors (Lipinski definition) is 0. The fraction of sp³-hybridized carbons (Fsp3) is 0. The van der Waals surface area contributed by atoms with Gasteiger partial charge in [-0.1, -0.05) is 18.2 Å². The minimum absolute atomic E-state index is 0. The van der Waals surface area contributed by atoms with Crippen LogP contribution in [0.25, 0.3) is 0 Å². The minimum atomic E-state index is 0. The highest BCUT2D eigenvalue weighted by Gasteiger charge is 1.82. The van der Waals surface area contributed by atoms with Crippen molar-refractivity contribution >= 4 is 30.2 Å². The normalized spacial score (nSPS) is 7.60. The number of halogens is 1. The van der Waals surface area contributed by atoms with Crippen molar-refractivity contribution in [2.45, 2.75) is 0 Å². The molecule has 0 saturated heterocycles. The van der Waals surface area contributed by atoms with Gasteiger partial charge in [0.15, 0.2) is 5.55 Å². The Labute approximate surface area is 71.4 Å². The molecule has 0 aromatic heterocycles. The van der Waals surface area contributed by atoms with E-state index >= 15 is 0 Å². The zero-order chi connectivity index (χ0) is 6.53. The summed E-state index contributed by atoms with van der Waals surface area (Å²) in [5, 5.41) is 0. The van der Waals surface area contributed by atoms with Crippen LogP contribution < -0.4 is 4.74 Å². The molecular weight excluding hydrogens is 168 g/mol. The summed E-state index contributed by atoms with van der Waals surface area (Å²) in [6.45, 7) is 0. The van der Waals surface area contributed by atoms with Gasteiger partial charge in [-0.05, 0) is 24.4 Å². The fourth-order valence-electron chi connectivity index (χ4n) is 0.555. The van der Waals surface area contributed by atoms with E-state index in [9.17, 15) is 0 Å². The molecule has 0 aliphatic carbocycles. The van der Waals surface area contributed by atoms with E-state index in [1.807, 2.05) is 30.3 Å². The van der Waals surface area contributed by atoms with Crippen molar-refractivity contribution < 1.29 is 4.74 Å². The van der Waals surface area contributed by atoms with Crippen LogP contribution in [0.4, 0.5) is 0 Å². The Hall–Kier alpha value is -0.600. The lowest BCUT2D eigenvalue weighted by Gasteiger charge is -1.93. The monoisotopic (exact) mass is 174 g/mol. The van der Waals surface area contributed by atoms with Gasteiger partial charge >= 0.3 is 0 Å². The minimum Gasteiger partial charge on any atom is -0.454 e. The van der Waals surface area contributed by atoms with E-state index in [1.54, 1.807) is 0 Å². The highest BCUT2D eigenvalue weighted by molar-refractivity contribution is 7.78. The van der Waals surface area contributed by atoms with E-state index in [0.29, 0.717) is 0 Å². The van der Waals surface area contributed by atoms with Gasteiger partial charge in [-0.3, -0.25) is 0 Å². The summed E-state index contributed by atoms with van der Waals surface area (Å²) in [4.78, 5) is 0. The Morgan fingerprint density at radius 3 is 2.30 bits per heavy atom. The molecule has 0 atom stereocenters. The average Bonchev–Trinajstić information content (AvgIpc) is 1.91. The molecule has 54 valence electrons. The van der Waals surface area contributed by atoms with E-state index in [2.05, 4.69) is 12.2 Å². The summed E-state index contributed by atoms with van der Waals surface area (Å²) in [6, 6.07) is 9.42. The molecule has 1 nitrogen and oxygen atoms in total. The van der Waals surface area contributed by atoms with Crippen LogP contribution in [-0.4, -0.2) is 5.55 Å². The van der Waals surface area contributed by atoms with Crippen molar-refractivity contribution in [3.63, 3.8) is 0 Å². The Balaban J connectivity index is 0.000000810. The Morgan fingerprint density at radius 2 is 1.80 bits per heavy atom. The first kappa shape index (κ1) is 9.40. The molecule has 0 fully saturated rings. The predicted molar refractivity (Wildman–Crippen MR) is 48.0 cm³/mol. The second-order valence-electron chi connectivity index (χ2n) is 1.53. The van der Waals surface area contributed by atoms with Gasteiger partial charge < -0.3 is 4.74 Å². The molecule has 0 unspecified atom stereocenters. The van der Waals surface area contributed by atoms with E-state index in [0.717, 1.165) is 5.75 Å². The maximum absolute atomic E-state index is 4.90. The SMILES string of the molecule is Cl.S=COc1ccccc1. The summed E-state index contributed by atoms with van der Waals surface area (Å²) in [6.07, 6.45) is 0. The van der Waals surface area contributed by atoms with Gasteiger partial charge in [0.05, 0.1) is 0 Å². The number of rotatable bonds is 2. The third kappa shape index (κ3) is 2.80. The Bertz CT molecular complexity index is 188. The van der Waals surface area contributed by atoms with E-state index in [-0.39, 0.29) is 12.4 Å². The van der Waals surface area contributed by atoms with Gasteiger partial charge in [0.1, 0.15) is 5.75 Å². The molecule has 3 heteroatoms. The molecule has 0 N–H and O–H groups in total. The van der Waals surface area contributed by atoms with Crippen LogP contribution in [0.5, 0.6) is 5.75 Å². The first-order chi connectivity index (χ1) is 4.43. The van der Waals surface area contributed by atoms with Crippen molar-refractivity contribution in [3.8, 4) is 5.75 Å². The number of thiocarbonyl (C=S) groups is 1. The molecule has 0 amide bonds. The van der Waals surface area contributed by atoms with Crippen LogP contribution in [0.1, 0.15) is 0 Å². The third-order valence-electron chi connectivity index (χ3n) is 0.927. The summed E-state index contributed by atoms with van der Waals surface area (Å²) in [5.41, 5.74) is 1.25. The van der Waals surface area contributed by atoms with Gasteiger partial charge in [-0.15, -0.1) is 12.4 Å². The molecule has 0 radical (unpaired) electrons. The molecule has 1 rings (SSSR count). The van der Waals surface area contributed by atoms with Crippen molar-refractivity contribution in [1.82, 2.24) is 0 Å². The van der Waals surface area contributed by atoms with Gasteiger partial charge in [0.25, 0.3) is 0 Å². The Morgan fingerprint density at radius 1 is 1.20 bits per heavy atom. The van der Waals surface area contributed by atoms with Crippen molar-refractivity contribution in [2.75, 3.05) is 0 Å². The molecule has 10 heavy (non-hydrogen) atoms. The number of ether oxygens (including phenoxy) is 1. The lowest BCUT2D eigenvalue weighted by atomic mass is 10.3. The fourth-order valence-corrected chi connectivity index (χ4v) is 0.666. The summed E-state index contributed by atoms with van der Waals surface area (Å²) >= 11 is 4.49. The summed E-state index contributed by atoms with van der Waals surface area (Å²) < 4.78 is 4.90. The second kappa shape index (κ2) is 5.21. The van der Waals surface area contributed by atoms with Gasteiger partial charge in [-0.25, -0.2) is 0 Å². The maximum atomic E-state index is 4.90. The lowest BCUT2D eigenvalue weighted by Crippen LogP contribution is -1.83. The van der Waals surface area contributed by atoms with Crippen LogP contribution in [0.15, 0.2) is 30.3 Å². The number of para-hydroxylation sites is 1. The van der Waals surface area contributed by atoms with E-state index in [1.165, 1.54) is 5.55 Å². The van der Waals surface area contributed by atoms with Crippen LogP contribution >= 0.6 is 24.6 Å². The molecule has 1 aromatic rings. The first-order valence-electron chi connectivity index (χ1n) is 2.59. The Kier molecular flexibility index (Phi) is 4.89. The van der Waals surface area contributed by atoms with Gasteiger partial charge in [0.2, 0.25) is 0 Å². The van der Waals surface area contributed by atoms with Crippen LogP contribution in [0.3, 0.4) is 0 Å². The molecule has 1 aromatic carbocycles. The van der Waals surface area contributed by atoms with Crippen LogP contribution in [0.2, 0.25) is 0 Å². The maximum Gasteiger partial charge on any atom is 0.154 e. The largest absolute Gasteiger partial charge is 0.454 e. The van der Waals surface area contributed by atoms with Crippen LogP contribution in [0, 0.1) is 0 Å². The summed E-state index contributed by atoms with van der Waals surface area (Å²) in [7, 11) is 0. The van der Waals surface area contributed by atoms with Crippen molar-refractivity contribution in [2.24, 2.45) is 0 Å². The summed E-state index contributed by atoms with van der Waals surface area (Å²) in [5.74, 6) is 0.785. The molecule has 0 aliphatic heterocycles. The quantitative estimate of drug-likeness (QED) is 0.637. The molecule has 0 bridgehead atoms. The molecule has 0 spiro atoms. The first-order valence-corrected chi connectivity index (χ1v) is 3.06. The predicted octanol–water partition coefficient (Wildman–Crippen LogP) is 2.44. The van der Waals surface area contributed by atoms with E-state index < -0.39 is 0 Å². The highest BCUT2D eigenvalue weighted by atomic mass is 35.5. The molecular formula is C7H7ClOS. The lowest BCUT2D eigenvalue weighted by molar-refractivity contribution is 0.586. The highest BCUT2D eigenvalue weighted by Crippen LogP contribution is 2.06. The number of hydrogen-bond acceptors (Lipinski definition) is 2. The second-order valence-corrected chi connectivity index (χ2v) is 1.72.